The fourth-order valence-electron chi connectivity index (χ4n) is 9.08. The smallest absolute Gasteiger partial charge is 0.294 e. The number of piperidine rings is 2. The van der Waals surface area contributed by atoms with E-state index >= 15 is 0 Å². The van der Waals surface area contributed by atoms with E-state index in [1.807, 2.05) is 31.6 Å². The number of hydrogen-bond donors (Lipinski definition) is 3. The Kier molecular flexibility index (Phi) is 11.9. The van der Waals surface area contributed by atoms with Crippen molar-refractivity contribution in [2.75, 3.05) is 74.6 Å². The molecule has 0 bridgehead atoms. The molecule has 0 radical (unpaired) electrons. The van der Waals surface area contributed by atoms with Crippen LogP contribution in [0, 0.1) is 17.8 Å². The zero-order valence-corrected chi connectivity index (χ0v) is 36.2. The van der Waals surface area contributed by atoms with Crippen molar-refractivity contribution in [2.45, 2.75) is 52.5 Å². The Morgan fingerprint density at radius 3 is 2.46 bits per heavy atom. The predicted molar refractivity (Wildman–Crippen MR) is 235 cm³/mol. The molecule has 3 saturated heterocycles. The van der Waals surface area contributed by atoms with Gasteiger partial charge in [-0.05, 0) is 68.4 Å². The Labute approximate surface area is 358 Å². The van der Waals surface area contributed by atoms with E-state index in [2.05, 4.69) is 72.7 Å². The first-order valence-electron chi connectivity index (χ1n) is 21.0. The van der Waals surface area contributed by atoms with Crippen LogP contribution >= 0.6 is 11.6 Å². The van der Waals surface area contributed by atoms with Gasteiger partial charge in [-0.25, -0.2) is 9.97 Å². The molecule has 3 N–H and O–H groups in total. The molecule has 61 heavy (non-hydrogen) atoms. The molecule has 3 fully saturated rings. The first kappa shape index (κ1) is 41.9. The quantitative estimate of drug-likeness (QED) is 0.161. The zero-order valence-electron chi connectivity index (χ0n) is 35.4. The first-order chi connectivity index (χ1) is 29.3. The summed E-state index contributed by atoms with van der Waals surface area (Å²) in [7, 11) is 3.42. The van der Waals surface area contributed by atoms with Crippen LogP contribution in [0.4, 0.5) is 23.1 Å². The largest absolute Gasteiger partial charge is 0.478 e. The first-order valence-corrected chi connectivity index (χ1v) is 21.4. The van der Waals surface area contributed by atoms with Crippen LogP contribution in [0.3, 0.4) is 0 Å². The maximum Gasteiger partial charge on any atom is 0.294 e. The van der Waals surface area contributed by atoms with E-state index < -0.39 is 5.92 Å². The number of halogens is 1. The van der Waals surface area contributed by atoms with Gasteiger partial charge in [0, 0.05) is 88.8 Å². The van der Waals surface area contributed by atoms with Gasteiger partial charge in [-0.2, -0.15) is 10.1 Å². The second kappa shape index (κ2) is 17.3. The molecule has 3 aliphatic heterocycles. The van der Waals surface area contributed by atoms with Crippen molar-refractivity contribution in [3.63, 3.8) is 0 Å². The van der Waals surface area contributed by atoms with Crippen LogP contribution in [0.2, 0.25) is 5.02 Å². The van der Waals surface area contributed by atoms with Gasteiger partial charge in [0.1, 0.15) is 10.7 Å². The number of aromatic nitrogens is 6. The second-order valence-corrected chi connectivity index (χ2v) is 17.3. The van der Waals surface area contributed by atoms with Crippen LogP contribution in [0.1, 0.15) is 58.2 Å². The standard InChI is InChI=1S/C43H53ClN12O5/c1-24(2)56-40-27(16-35(42(56)60)61-23-37(58)45-5)15-28(18-46-40)48-39-33(44)19-47-43(50-39)54-13-11-53(12-14-54)22-32-25(3)20-55(21-26(32)4)29-7-8-30-34(17-29)52(6)51-38(30)31-9-10-36(57)49-41(31)59/h7-8,15-19,24-26,31-32H,9-14,20-23H2,1-6H3,(H,45,58)(H,47,48,50)(H,49,57,59)/t25-,26+,31?,32?. The molecule has 0 aliphatic carbocycles. The molecule has 0 spiro atoms. The van der Waals surface area contributed by atoms with Crippen LogP contribution in [0.25, 0.3) is 21.9 Å². The highest BCUT2D eigenvalue weighted by Gasteiger charge is 2.35. The fourth-order valence-corrected chi connectivity index (χ4v) is 9.22. The summed E-state index contributed by atoms with van der Waals surface area (Å²) in [5.41, 5.74) is 3.61. The Balaban J connectivity index is 0.891. The average molecular weight is 853 g/mol. The number of pyridine rings is 2. The number of likely N-dealkylation sites (N-methyl/N-ethyl adjacent to an activating group) is 1. The fraction of sp³-hybridized carbons (Fsp3) is 0.488. The molecule has 4 atom stereocenters. The number of amides is 3. The molecule has 2 unspecified atom stereocenters. The molecule has 8 rings (SSSR count). The Bertz CT molecular complexity index is 2540. The maximum atomic E-state index is 13.2. The average Bonchev–Trinajstić information content (AvgIpc) is 3.56. The summed E-state index contributed by atoms with van der Waals surface area (Å²) in [5.74, 6) is 1.31. The van der Waals surface area contributed by atoms with Crippen molar-refractivity contribution in [1.29, 1.82) is 0 Å². The van der Waals surface area contributed by atoms with E-state index in [1.54, 1.807) is 23.0 Å². The lowest BCUT2D eigenvalue weighted by Gasteiger charge is -2.45. The van der Waals surface area contributed by atoms with E-state index in [-0.39, 0.29) is 41.7 Å². The van der Waals surface area contributed by atoms with Crippen LogP contribution in [-0.2, 0) is 21.4 Å². The molecule has 7 heterocycles. The highest BCUT2D eigenvalue weighted by molar-refractivity contribution is 6.33. The maximum absolute atomic E-state index is 13.2. The van der Waals surface area contributed by atoms with E-state index in [1.165, 1.54) is 7.05 Å². The topological polar surface area (TPSA) is 185 Å². The lowest BCUT2D eigenvalue weighted by molar-refractivity contribution is -0.134. The van der Waals surface area contributed by atoms with Crippen molar-refractivity contribution in [3.8, 4) is 5.75 Å². The van der Waals surface area contributed by atoms with Gasteiger partial charge < -0.3 is 25.2 Å². The number of nitrogens with zero attached hydrogens (tertiary/aromatic N) is 9. The number of rotatable bonds is 11. The number of hydrogen-bond acceptors (Lipinski definition) is 13. The minimum absolute atomic E-state index is 0.0585. The van der Waals surface area contributed by atoms with Crippen molar-refractivity contribution in [3.05, 3.63) is 63.8 Å². The summed E-state index contributed by atoms with van der Waals surface area (Å²) in [4.78, 5) is 70.7. The van der Waals surface area contributed by atoms with Crippen molar-refractivity contribution >= 4 is 74.4 Å². The Hall–Kier alpha value is -5.81. The molecule has 0 saturated carbocycles. The van der Waals surface area contributed by atoms with Gasteiger partial charge in [0.25, 0.3) is 11.5 Å². The van der Waals surface area contributed by atoms with E-state index in [0.717, 1.165) is 68.1 Å². The highest BCUT2D eigenvalue weighted by atomic mass is 35.5. The van der Waals surface area contributed by atoms with Crippen molar-refractivity contribution in [1.82, 2.24) is 44.8 Å². The van der Waals surface area contributed by atoms with Crippen LogP contribution < -0.4 is 36.0 Å². The van der Waals surface area contributed by atoms with Gasteiger partial charge in [-0.3, -0.25) is 38.6 Å². The van der Waals surface area contributed by atoms with Gasteiger partial charge in [0.2, 0.25) is 17.8 Å². The predicted octanol–water partition coefficient (Wildman–Crippen LogP) is 4.23. The number of carbonyl (C=O) groups is 3. The number of fused-ring (bicyclic) bond motifs is 2. The van der Waals surface area contributed by atoms with E-state index in [0.29, 0.717) is 64.1 Å². The number of aryl methyl sites for hydroxylation is 1. The Morgan fingerprint density at radius 2 is 1.75 bits per heavy atom. The molecular formula is C43H53ClN12O5. The molecule has 3 amide bonds. The van der Waals surface area contributed by atoms with E-state index in [9.17, 15) is 19.2 Å². The van der Waals surface area contributed by atoms with Crippen LogP contribution in [-0.4, -0.2) is 111 Å². The highest BCUT2D eigenvalue weighted by Crippen LogP contribution is 2.36. The van der Waals surface area contributed by atoms with Crippen LogP contribution in [0.5, 0.6) is 5.75 Å². The molecule has 4 aromatic heterocycles. The van der Waals surface area contributed by atoms with Crippen LogP contribution in [0.15, 0.2) is 47.5 Å². The third-order valence-electron chi connectivity index (χ3n) is 12.4. The number of anilines is 4. The number of ether oxygens (including phenoxy) is 1. The van der Waals surface area contributed by atoms with Gasteiger partial charge in [-0.1, -0.05) is 25.4 Å². The van der Waals surface area contributed by atoms with Gasteiger partial charge >= 0.3 is 0 Å². The summed E-state index contributed by atoms with van der Waals surface area (Å²) >= 11 is 6.61. The number of nitrogens with one attached hydrogen (secondary N) is 3. The monoisotopic (exact) mass is 852 g/mol. The molecular weight excluding hydrogens is 800 g/mol. The van der Waals surface area contributed by atoms with E-state index in [4.69, 9.17) is 26.4 Å². The summed E-state index contributed by atoms with van der Waals surface area (Å²) < 4.78 is 9.00. The van der Waals surface area contributed by atoms with Gasteiger partial charge in [0.05, 0.1) is 35.2 Å². The third-order valence-corrected chi connectivity index (χ3v) is 12.7. The normalized spacial score (nSPS) is 21.3. The van der Waals surface area contributed by atoms with Gasteiger partial charge in [0.15, 0.2) is 18.2 Å². The molecule has 17 nitrogen and oxygen atoms in total. The molecule has 18 heteroatoms. The lowest BCUT2D eigenvalue weighted by Crippen LogP contribution is -2.52. The number of piperazine rings is 1. The summed E-state index contributed by atoms with van der Waals surface area (Å²) in [5, 5.41) is 15.0. The minimum atomic E-state index is -0.424. The lowest BCUT2D eigenvalue weighted by atomic mass is 9.78. The zero-order chi connectivity index (χ0) is 43.1. The SMILES string of the molecule is CNC(=O)COc1cc2cc(Nc3nc(N4CCN(CC5[C@H](C)CN(c6ccc7c(C8CCC(=O)NC8=O)nn(C)c7c6)C[C@@H]5C)CC4)ncc3Cl)cnc2n(C(C)C)c1=O. The number of imide groups is 1. The molecule has 5 aromatic rings. The van der Waals surface area contributed by atoms with Crippen molar-refractivity contribution in [2.24, 2.45) is 24.8 Å². The third kappa shape index (κ3) is 8.58. The second-order valence-electron chi connectivity index (χ2n) is 16.9. The number of carbonyl (C=O) groups excluding carboxylic acids is 3. The Morgan fingerprint density at radius 1 is 1.00 bits per heavy atom. The van der Waals surface area contributed by atoms with Gasteiger partial charge in [-0.15, -0.1) is 0 Å². The number of benzene rings is 1. The summed E-state index contributed by atoms with van der Waals surface area (Å²) in [6, 6.07) is 9.66. The summed E-state index contributed by atoms with van der Waals surface area (Å²) in [6.45, 7) is 14.5. The van der Waals surface area contributed by atoms with Crippen molar-refractivity contribution < 1.29 is 19.1 Å². The molecule has 1 aromatic carbocycles. The molecule has 322 valence electrons. The minimum Gasteiger partial charge on any atom is -0.478 e. The summed E-state index contributed by atoms with van der Waals surface area (Å²) in [6.07, 6.45) is 4.04. The molecule has 3 aliphatic rings.